The zero-order valence-corrected chi connectivity index (χ0v) is 16.3. The molecule has 0 heterocycles. The molecule has 0 aliphatic rings. The molecule has 2 rings (SSSR count). The molecule has 28 heavy (non-hydrogen) atoms. The Morgan fingerprint density at radius 2 is 1.61 bits per heavy atom. The molecule has 1 amide bonds. The summed E-state index contributed by atoms with van der Waals surface area (Å²) in [6.07, 6.45) is 0.636. The Morgan fingerprint density at radius 1 is 0.893 bits per heavy atom. The monoisotopic (exact) mass is 387 g/mol. The second-order valence-electron chi connectivity index (χ2n) is 5.94. The van der Waals surface area contributed by atoms with Gasteiger partial charge >= 0.3 is 5.97 Å². The highest BCUT2D eigenvalue weighted by molar-refractivity contribution is 5.80. The molecule has 0 aliphatic carbocycles. The van der Waals surface area contributed by atoms with Crippen molar-refractivity contribution in [3.8, 4) is 17.2 Å². The van der Waals surface area contributed by atoms with Crippen LogP contribution < -0.4 is 19.5 Å². The van der Waals surface area contributed by atoms with E-state index in [1.807, 2.05) is 36.4 Å². The third-order valence-electron chi connectivity index (χ3n) is 4.10. The van der Waals surface area contributed by atoms with E-state index in [9.17, 15) is 9.59 Å². The van der Waals surface area contributed by atoms with Crippen LogP contribution in [0.2, 0.25) is 0 Å². The van der Waals surface area contributed by atoms with Gasteiger partial charge in [-0.05, 0) is 30.2 Å². The molecule has 150 valence electrons. The maximum atomic E-state index is 11.9. The van der Waals surface area contributed by atoms with Gasteiger partial charge in [0.2, 0.25) is 0 Å². The number of carbonyl (C=O) groups excluding carboxylic acids is 2. The van der Waals surface area contributed by atoms with E-state index >= 15 is 0 Å². The fourth-order valence-corrected chi connectivity index (χ4v) is 2.59. The molecule has 2 aromatic carbocycles. The minimum absolute atomic E-state index is 0.162. The SMILES string of the molecule is COc1ccccc1CNC(=O)COC(=O)CCc1ccc(OC)c(OC)c1. The number of para-hydroxylation sites is 1. The van der Waals surface area contributed by atoms with Gasteiger partial charge in [0, 0.05) is 18.5 Å². The number of carbonyl (C=O) groups is 2. The van der Waals surface area contributed by atoms with Crippen LogP contribution in [0.1, 0.15) is 17.5 Å². The number of ether oxygens (including phenoxy) is 4. The van der Waals surface area contributed by atoms with Crippen LogP contribution in [0.15, 0.2) is 42.5 Å². The van der Waals surface area contributed by atoms with Gasteiger partial charge in [0.1, 0.15) is 5.75 Å². The van der Waals surface area contributed by atoms with E-state index in [1.54, 1.807) is 27.4 Å². The number of amides is 1. The van der Waals surface area contributed by atoms with E-state index in [0.717, 1.165) is 11.1 Å². The average Bonchev–Trinajstić information content (AvgIpc) is 2.74. The van der Waals surface area contributed by atoms with Crippen LogP contribution in [0.25, 0.3) is 0 Å². The fraction of sp³-hybridized carbons (Fsp3) is 0.333. The first kappa shape index (κ1) is 21.1. The Kier molecular flexibility index (Phi) is 8.14. The molecule has 1 N–H and O–H groups in total. The lowest BCUT2D eigenvalue weighted by Gasteiger charge is -2.10. The summed E-state index contributed by atoms with van der Waals surface area (Å²) >= 11 is 0. The highest BCUT2D eigenvalue weighted by Gasteiger charge is 2.10. The Hall–Kier alpha value is -3.22. The number of esters is 1. The third-order valence-corrected chi connectivity index (χ3v) is 4.10. The number of nitrogens with one attached hydrogen (secondary N) is 1. The van der Waals surface area contributed by atoms with Crippen LogP contribution in [0.4, 0.5) is 0 Å². The number of hydrogen-bond donors (Lipinski definition) is 1. The molecule has 0 fully saturated rings. The first-order valence-corrected chi connectivity index (χ1v) is 8.82. The maximum Gasteiger partial charge on any atom is 0.306 e. The van der Waals surface area contributed by atoms with Crippen molar-refractivity contribution in [2.45, 2.75) is 19.4 Å². The number of benzene rings is 2. The molecule has 0 saturated carbocycles. The summed E-state index contributed by atoms with van der Waals surface area (Å²) in [5.41, 5.74) is 1.76. The van der Waals surface area contributed by atoms with Crippen molar-refractivity contribution in [3.05, 3.63) is 53.6 Å². The molecule has 0 bridgehead atoms. The van der Waals surface area contributed by atoms with Crippen LogP contribution in [0.3, 0.4) is 0 Å². The van der Waals surface area contributed by atoms with Crippen molar-refractivity contribution in [2.24, 2.45) is 0 Å². The van der Waals surface area contributed by atoms with Crippen molar-refractivity contribution in [1.29, 1.82) is 0 Å². The number of rotatable bonds is 10. The molecule has 0 saturated heterocycles. The van der Waals surface area contributed by atoms with Crippen molar-refractivity contribution in [2.75, 3.05) is 27.9 Å². The van der Waals surface area contributed by atoms with E-state index < -0.39 is 5.97 Å². The summed E-state index contributed by atoms with van der Waals surface area (Å²) in [7, 11) is 4.69. The summed E-state index contributed by atoms with van der Waals surface area (Å²) < 4.78 is 20.7. The van der Waals surface area contributed by atoms with Crippen molar-refractivity contribution < 1.29 is 28.5 Å². The molecule has 0 spiro atoms. The number of aryl methyl sites for hydroxylation is 1. The van der Waals surface area contributed by atoms with Crippen LogP contribution in [-0.4, -0.2) is 39.8 Å². The first-order valence-electron chi connectivity index (χ1n) is 8.82. The zero-order chi connectivity index (χ0) is 20.4. The minimum Gasteiger partial charge on any atom is -0.496 e. The van der Waals surface area contributed by atoms with Gasteiger partial charge in [-0.2, -0.15) is 0 Å². The van der Waals surface area contributed by atoms with Gasteiger partial charge in [0.05, 0.1) is 21.3 Å². The van der Waals surface area contributed by atoms with Gasteiger partial charge in [0.15, 0.2) is 18.1 Å². The predicted molar refractivity (Wildman–Crippen MR) is 104 cm³/mol. The Morgan fingerprint density at radius 3 is 2.32 bits per heavy atom. The van der Waals surface area contributed by atoms with Gasteiger partial charge < -0.3 is 24.3 Å². The molecule has 0 unspecified atom stereocenters. The summed E-state index contributed by atoms with van der Waals surface area (Å²) in [5, 5.41) is 2.70. The van der Waals surface area contributed by atoms with Gasteiger partial charge in [-0.15, -0.1) is 0 Å². The topological polar surface area (TPSA) is 83.1 Å². The summed E-state index contributed by atoms with van der Waals surface area (Å²) in [6, 6.07) is 12.8. The molecule has 0 aliphatic heterocycles. The molecular formula is C21H25NO6. The van der Waals surface area contributed by atoms with Gasteiger partial charge in [-0.1, -0.05) is 24.3 Å². The smallest absolute Gasteiger partial charge is 0.306 e. The van der Waals surface area contributed by atoms with Crippen molar-refractivity contribution >= 4 is 11.9 Å². The van der Waals surface area contributed by atoms with Gasteiger partial charge in [-0.3, -0.25) is 9.59 Å². The molecule has 2 aromatic rings. The predicted octanol–water partition coefficient (Wildman–Crippen LogP) is 2.50. The third kappa shape index (κ3) is 6.19. The van der Waals surface area contributed by atoms with E-state index in [4.69, 9.17) is 18.9 Å². The lowest BCUT2D eigenvalue weighted by molar-refractivity contribution is -0.148. The second kappa shape index (κ2) is 10.8. The zero-order valence-electron chi connectivity index (χ0n) is 16.3. The fourth-order valence-electron chi connectivity index (χ4n) is 2.59. The van der Waals surface area contributed by atoms with E-state index in [1.165, 1.54) is 0 Å². The van der Waals surface area contributed by atoms with Gasteiger partial charge in [-0.25, -0.2) is 0 Å². The Balaban J connectivity index is 1.74. The molecular weight excluding hydrogens is 362 g/mol. The van der Waals surface area contributed by atoms with E-state index in [-0.39, 0.29) is 18.9 Å². The number of methoxy groups -OCH3 is 3. The molecule has 0 radical (unpaired) electrons. The van der Waals surface area contributed by atoms with E-state index in [2.05, 4.69) is 5.32 Å². The van der Waals surface area contributed by atoms with Crippen LogP contribution in [-0.2, 0) is 27.3 Å². The quantitative estimate of drug-likeness (QED) is 0.631. The summed E-state index contributed by atoms with van der Waals surface area (Å²) in [4.78, 5) is 23.8. The van der Waals surface area contributed by atoms with Crippen LogP contribution in [0, 0.1) is 0 Å². The summed E-state index contributed by atoms with van der Waals surface area (Å²) in [6.45, 7) is -0.0219. The minimum atomic E-state index is -0.442. The highest BCUT2D eigenvalue weighted by Crippen LogP contribution is 2.28. The normalized spacial score (nSPS) is 10.1. The molecule has 7 nitrogen and oxygen atoms in total. The van der Waals surface area contributed by atoms with E-state index in [0.29, 0.717) is 30.2 Å². The largest absolute Gasteiger partial charge is 0.496 e. The van der Waals surface area contributed by atoms with Crippen LogP contribution >= 0.6 is 0 Å². The molecule has 0 aromatic heterocycles. The average molecular weight is 387 g/mol. The Bertz CT molecular complexity index is 805. The first-order chi connectivity index (χ1) is 13.6. The second-order valence-corrected chi connectivity index (χ2v) is 5.94. The standard InChI is InChI=1S/C21H25NO6/c1-25-17-7-5-4-6-16(17)13-22-20(23)14-28-21(24)11-9-15-8-10-18(26-2)19(12-15)27-3/h4-8,10,12H,9,11,13-14H2,1-3H3,(H,22,23). The summed E-state index contributed by atoms with van der Waals surface area (Å²) in [5.74, 6) is 1.10. The molecule has 7 heteroatoms. The molecule has 0 atom stereocenters. The van der Waals surface area contributed by atoms with Crippen molar-refractivity contribution in [3.63, 3.8) is 0 Å². The van der Waals surface area contributed by atoms with Crippen molar-refractivity contribution in [1.82, 2.24) is 5.32 Å². The lowest BCUT2D eigenvalue weighted by atomic mass is 10.1. The van der Waals surface area contributed by atoms with Gasteiger partial charge in [0.25, 0.3) is 5.91 Å². The number of hydrogen-bond acceptors (Lipinski definition) is 6. The lowest BCUT2D eigenvalue weighted by Crippen LogP contribution is -2.28. The Labute approximate surface area is 164 Å². The van der Waals surface area contributed by atoms with Crippen LogP contribution in [0.5, 0.6) is 17.2 Å². The maximum absolute atomic E-state index is 11.9. The highest BCUT2D eigenvalue weighted by atomic mass is 16.5.